The molecule has 0 aliphatic heterocycles. The molecule has 0 fully saturated rings. The van der Waals surface area contributed by atoms with Gasteiger partial charge in [0.15, 0.2) is 0 Å². The van der Waals surface area contributed by atoms with E-state index in [1.807, 2.05) is 13.8 Å². The lowest BCUT2D eigenvalue weighted by molar-refractivity contribution is -0.137. The highest BCUT2D eigenvalue weighted by Gasteiger charge is 2.16. The fraction of sp³-hybridized carbons (Fsp3) is 0.700. The third kappa shape index (κ3) is 8.67. The van der Waals surface area contributed by atoms with Crippen LogP contribution in [0.15, 0.2) is 0 Å². The lowest BCUT2D eigenvalue weighted by Crippen LogP contribution is -2.41. The van der Waals surface area contributed by atoms with E-state index in [1.165, 1.54) is 0 Å². The predicted molar refractivity (Wildman–Crippen MR) is 65.8 cm³/mol. The van der Waals surface area contributed by atoms with Crippen molar-refractivity contribution in [2.45, 2.75) is 25.1 Å². The van der Waals surface area contributed by atoms with E-state index >= 15 is 0 Å². The number of carbonyl (C=O) groups excluding carboxylic acids is 2. The van der Waals surface area contributed by atoms with Crippen molar-refractivity contribution in [2.75, 3.05) is 13.1 Å². The first-order valence-electron chi connectivity index (χ1n) is 5.23. The van der Waals surface area contributed by atoms with E-state index in [9.17, 15) is 14.4 Å². The summed E-state index contributed by atoms with van der Waals surface area (Å²) in [7, 11) is 0. The van der Waals surface area contributed by atoms with Gasteiger partial charge >= 0.3 is 5.97 Å². The Morgan fingerprint density at radius 2 is 1.76 bits per heavy atom. The minimum Gasteiger partial charge on any atom is -0.480 e. The number of hydrogen-bond acceptors (Lipinski definition) is 3. The molecule has 3 N–H and O–H groups in total. The number of carboxylic acids is 1. The van der Waals surface area contributed by atoms with Crippen LogP contribution < -0.4 is 10.6 Å². The van der Waals surface area contributed by atoms with E-state index in [0.29, 0.717) is 12.3 Å². The van der Waals surface area contributed by atoms with Crippen LogP contribution in [-0.4, -0.2) is 40.8 Å². The van der Waals surface area contributed by atoms with Crippen molar-refractivity contribution in [3.05, 3.63) is 0 Å². The fourth-order valence-electron chi connectivity index (χ4n) is 1.04. The lowest BCUT2D eigenvalue weighted by atomic mass is 10.1. The number of alkyl halides is 1. The number of rotatable bonds is 7. The number of hydrogen-bond donors (Lipinski definition) is 3. The van der Waals surface area contributed by atoms with E-state index in [2.05, 4.69) is 26.6 Å². The molecule has 0 aromatic carbocycles. The van der Waals surface area contributed by atoms with E-state index in [1.54, 1.807) is 0 Å². The molecule has 0 heterocycles. The van der Waals surface area contributed by atoms with Gasteiger partial charge < -0.3 is 15.7 Å². The normalized spacial score (nSPS) is 12.0. The smallest absolute Gasteiger partial charge is 0.322 e. The highest BCUT2D eigenvalue weighted by molar-refractivity contribution is 9.10. The Labute approximate surface area is 108 Å². The van der Waals surface area contributed by atoms with Gasteiger partial charge in [0, 0.05) is 0 Å². The Morgan fingerprint density at radius 3 is 2.24 bits per heavy atom. The second-order valence-corrected chi connectivity index (χ2v) is 5.09. The van der Waals surface area contributed by atoms with Crippen LogP contribution >= 0.6 is 15.9 Å². The van der Waals surface area contributed by atoms with Crippen LogP contribution in [0.5, 0.6) is 0 Å². The first-order chi connectivity index (χ1) is 7.82. The summed E-state index contributed by atoms with van der Waals surface area (Å²) in [5.74, 6) is -1.55. The molecule has 1 atom stereocenters. The van der Waals surface area contributed by atoms with Gasteiger partial charge in [0.1, 0.15) is 6.54 Å². The summed E-state index contributed by atoms with van der Waals surface area (Å²) < 4.78 is 0. The summed E-state index contributed by atoms with van der Waals surface area (Å²) in [6.07, 6.45) is 0.669. The molecule has 0 aliphatic carbocycles. The SMILES string of the molecule is CC(C)CC(Br)C(=O)NCC(=O)NCC(=O)O. The summed E-state index contributed by atoms with van der Waals surface area (Å²) >= 11 is 3.22. The molecule has 0 aromatic heterocycles. The molecule has 0 aliphatic rings. The molecule has 0 bridgehead atoms. The van der Waals surface area contributed by atoms with Crippen LogP contribution in [-0.2, 0) is 14.4 Å². The molecule has 0 aromatic rings. The molecule has 0 radical (unpaired) electrons. The second kappa shape index (κ2) is 8.05. The molecule has 2 amide bonds. The Bertz CT molecular complexity index is 294. The number of nitrogens with one attached hydrogen (secondary N) is 2. The van der Waals surface area contributed by atoms with Crippen molar-refractivity contribution < 1.29 is 19.5 Å². The topological polar surface area (TPSA) is 95.5 Å². The highest BCUT2D eigenvalue weighted by atomic mass is 79.9. The molecule has 17 heavy (non-hydrogen) atoms. The number of amides is 2. The first-order valence-corrected chi connectivity index (χ1v) is 6.14. The highest BCUT2D eigenvalue weighted by Crippen LogP contribution is 2.12. The van der Waals surface area contributed by atoms with Gasteiger partial charge in [0.25, 0.3) is 0 Å². The van der Waals surface area contributed by atoms with Crippen LogP contribution in [0, 0.1) is 5.92 Å². The number of carbonyl (C=O) groups is 3. The monoisotopic (exact) mass is 308 g/mol. The zero-order valence-electron chi connectivity index (χ0n) is 9.83. The van der Waals surface area contributed by atoms with Gasteiger partial charge in [-0.2, -0.15) is 0 Å². The maximum atomic E-state index is 11.5. The maximum Gasteiger partial charge on any atom is 0.322 e. The van der Waals surface area contributed by atoms with Gasteiger partial charge in [-0.25, -0.2) is 0 Å². The van der Waals surface area contributed by atoms with Gasteiger partial charge in [-0.3, -0.25) is 14.4 Å². The van der Waals surface area contributed by atoms with Crippen LogP contribution in [0.4, 0.5) is 0 Å². The third-order valence-corrected chi connectivity index (χ3v) is 2.61. The molecular weight excluding hydrogens is 292 g/mol. The molecule has 0 spiro atoms. The van der Waals surface area contributed by atoms with Crippen LogP contribution in [0.2, 0.25) is 0 Å². The molecule has 6 nitrogen and oxygen atoms in total. The zero-order valence-corrected chi connectivity index (χ0v) is 11.4. The van der Waals surface area contributed by atoms with Crippen molar-refractivity contribution >= 4 is 33.7 Å². The van der Waals surface area contributed by atoms with Gasteiger partial charge in [-0.1, -0.05) is 29.8 Å². The quantitative estimate of drug-likeness (QED) is 0.582. The van der Waals surface area contributed by atoms with Crippen LogP contribution in [0.25, 0.3) is 0 Å². The molecule has 0 saturated carbocycles. The summed E-state index contributed by atoms with van der Waals surface area (Å²) in [6.45, 7) is 3.31. The minimum absolute atomic E-state index is 0.216. The minimum atomic E-state index is -1.12. The Kier molecular flexibility index (Phi) is 7.53. The zero-order chi connectivity index (χ0) is 13.4. The standard InChI is InChI=1S/C10H17BrN2O4/c1-6(2)3-7(11)10(17)13-4-8(14)12-5-9(15)16/h6-7H,3-5H2,1-2H3,(H,12,14)(H,13,17)(H,15,16). The van der Waals surface area contributed by atoms with Crippen molar-refractivity contribution in [1.29, 1.82) is 0 Å². The lowest BCUT2D eigenvalue weighted by Gasteiger charge is -2.12. The largest absolute Gasteiger partial charge is 0.480 e. The molecule has 0 saturated heterocycles. The van der Waals surface area contributed by atoms with Gasteiger partial charge in [0.2, 0.25) is 11.8 Å². The van der Waals surface area contributed by atoms with Gasteiger partial charge in [-0.15, -0.1) is 0 Å². The second-order valence-electron chi connectivity index (χ2n) is 3.99. The number of halogens is 1. The van der Waals surface area contributed by atoms with Crippen molar-refractivity contribution in [2.24, 2.45) is 5.92 Å². The van der Waals surface area contributed by atoms with E-state index < -0.39 is 18.4 Å². The molecule has 1 unspecified atom stereocenters. The first kappa shape index (κ1) is 15.9. The van der Waals surface area contributed by atoms with Crippen molar-refractivity contribution in [1.82, 2.24) is 10.6 Å². The Balaban J connectivity index is 3.83. The summed E-state index contributed by atoms with van der Waals surface area (Å²) in [4.78, 5) is 32.4. The number of aliphatic carboxylic acids is 1. The Hall–Kier alpha value is -1.11. The van der Waals surface area contributed by atoms with Crippen molar-refractivity contribution in [3.63, 3.8) is 0 Å². The third-order valence-electron chi connectivity index (χ3n) is 1.82. The molecule has 0 rings (SSSR count). The van der Waals surface area contributed by atoms with Gasteiger partial charge in [0.05, 0.1) is 11.4 Å². The molecule has 98 valence electrons. The summed E-state index contributed by atoms with van der Waals surface area (Å²) in [5.41, 5.74) is 0. The van der Waals surface area contributed by atoms with Crippen molar-refractivity contribution in [3.8, 4) is 0 Å². The average Bonchev–Trinajstić information content (AvgIpc) is 2.21. The van der Waals surface area contributed by atoms with E-state index in [0.717, 1.165) is 0 Å². The summed E-state index contributed by atoms with van der Waals surface area (Å²) in [5, 5.41) is 12.9. The molecular formula is C10H17BrN2O4. The van der Waals surface area contributed by atoms with Crippen LogP contribution in [0.3, 0.4) is 0 Å². The number of carboxylic acid groups (broad SMARTS) is 1. The maximum absolute atomic E-state index is 11.5. The molecule has 7 heteroatoms. The van der Waals surface area contributed by atoms with E-state index in [-0.39, 0.29) is 17.3 Å². The fourth-order valence-corrected chi connectivity index (χ4v) is 1.95. The van der Waals surface area contributed by atoms with E-state index in [4.69, 9.17) is 5.11 Å². The average molecular weight is 309 g/mol. The van der Waals surface area contributed by atoms with Gasteiger partial charge in [-0.05, 0) is 12.3 Å². The van der Waals surface area contributed by atoms with Crippen LogP contribution in [0.1, 0.15) is 20.3 Å². The predicted octanol–water partition coefficient (Wildman–Crippen LogP) is 0.113. The Morgan fingerprint density at radius 1 is 1.18 bits per heavy atom. The summed E-state index contributed by atoms with van der Waals surface area (Å²) in [6, 6.07) is 0.